The minimum atomic E-state index is -4.15. The van der Waals surface area contributed by atoms with Gasteiger partial charge in [0.2, 0.25) is 27.7 Å². The number of carbonyl (C=O) groups is 5. The number of nitrogens with zero attached hydrogens (tertiary/aromatic N) is 5. The normalized spacial score (nSPS) is 16.3. The second kappa shape index (κ2) is 24.8. The molecular formula is C52H57N9O13S. The molecule has 4 aromatic carbocycles. The van der Waals surface area contributed by atoms with Crippen molar-refractivity contribution in [3.05, 3.63) is 131 Å². The molecule has 2 unspecified atom stereocenters. The largest absolute Gasteiger partial charge is 0.490 e. The predicted molar refractivity (Wildman–Crippen MR) is 271 cm³/mol. The molecule has 22 nitrogen and oxygen atoms in total. The Bertz CT molecular complexity index is 3090. The zero-order valence-corrected chi connectivity index (χ0v) is 41.8. The number of H-pyrrole nitrogens is 1. The van der Waals surface area contributed by atoms with E-state index < -0.39 is 51.6 Å². The van der Waals surface area contributed by atoms with Gasteiger partial charge in [0.25, 0.3) is 11.8 Å². The van der Waals surface area contributed by atoms with Crippen molar-refractivity contribution in [1.82, 2.24) is 34.9 Å². The quantitative estimate of drug-likeness (QED) is 0.0449. The molecule has 2 aromatic heterocycles. The first-order valence-electron chi connectivity index (χ1n) is 24.6. The van der Waals surface area contributed by atoms with Gasteiger partial charge in [-0.15, -0.1) is 5.10 Å². The van der Waals surface area contributed by atoms with E-state index >= 15 is 0 Å². The Kier molecular flexibility index (Phi) is 17.3. The van der Waals surface area contributed by atoms with Crippen LogP contribution in [0.25, 0.3) is 10.9 Å². The van der Waals surface area contributed by atoms with E-state index in [2.05, 4.69) is 35.6 Å². The highest BCUT2D eigenvalue weighted by Crippen LogP contribution is 2.34. The Morgan fingerprint density at radius 3 is 2.24 bits per heavy atom. The minimum Gasteiger partial charge on any atom is -0.490 e. The number of rotatable bonds is 26. The standard InChI is InChI=1S/C52H57N9O13S/c62-47-17-16-45(50(64)55-47)61-51(65)42-5-3-7-46(48(42)52(61)66)74-29-28-72-25-24-70-22-23-71-26-27-73-34-38-33-60(58-56-38)32-35-8-14-40(15-9-35)75(67,68)57-44(30-36-31-53-43-6-2-1-4-41(36)43)49(63)54-37-10-12-39(13-11-37)59-18-20-69-21-19-59/h1-15,31,33,44-45,53,57H,16-30,32,34H2,(H,54,63)(H,55,62,64). The molecule has 2 atom stereocenters. The first-order valence-corrected chi connectivity index (χ1v) is 26.1. The van der Waals surface area contributed by atoms with Gasteiger partial charge in [0, 0.05) is 48.0 Å². The van der Waals surface area contributed by atoms with E-state index in [9.17, 15) is 32.4 Å². The molecule has 0 bridgehead atoms. The molecule has 4 N–H and O–H groups in total. The maximum Gasteiger partial charge on any atom is 0.266 e. The van der Waals surface area contributed by atoms with Crippen LogP contribution in [0.1, 0.15) is 50.4 Å². The van der Waals surface area contributed by atoms with Gasteiger partial charge in [-0.1, -0.05) is 41.6 Å². The molecule has 0 radical (unpaired) electrons. The van der Waals surface area contributed by atoms with E-state index in [0.29, 0.717) is 64.2 Å². The van der Waals surface area contributed by atoms with Crippen molar-refractivity contribution in [3.63, 3.8) is 0 Å². The molecule has 3 aliphatic rings. The summed E-state index contributed by atoms with van der Waals surface area (Å²) in [6.07, 6.45) is 3.74. The first kappa shape index (κ1) is 52.5. The summed E-state index contributed by atoms with van der Waals surface area (Å²) in [5.41, 5.74) is 4.83. The van der Waals surface area contributed by atoms with Gasteiger partial charge >= 0.3 is 0 Å². The van der Waals surface area contributed by atoms with Crippen molar-refractivity contribution in [2.24, 2.45) is 0 Å². The molecular weight excluding hydrogens is 991 g/mol. The highest BCUT2D eigenvalue weighted by Gasteiger charge is 2.46. The second-order valence-corrected chi connectivity index (χ2v) is 19.5. The summed E-state index contributed by atoms with van der Waals surface area (Å²) < 4.78 is 65.7. The topological polar surface area (TPSA) is 264 Å². The van der Waals surface area contributed by atoms with E-state index in [4.69, 9.17) is 28.4 Å². The third-order valence-corrected chi connectivity index (χ3v) is 14.2. The van der Waals surface area contributed by atoms with Crippen molar-refractivity contribution in [2.75, 3.05) is 89.4 Å². The van der Waals surface area contributed by atoms with Gasteiger partial charge in [-0.05, 0) is 78.6 Å². The molecule has 3 aliphatic heterocycles. The number of hydrogen-bond donors (Lipinski definition) is 4. The summed E-state index contributed by atoms with van der Waals surface area (Å²) >= 11 is 0. The predicted octanol–water partition coefficient (Wildman–Crippen LogP) is 3.22. The van der Waals surface area contributed by atoms with Gasteiger partial charge in [0.1, 0.15) is 30.1 Å². The summed E-state index contributed by atoms with van der Waals surface area (Å²) in [6, 6.07) is 24.0. The van der Waals surface area contributed by atoms with Crippen LogP contribution in [0.5, 0.6) is 5.75 Å². The highest BCUT2D eigenvalue weighted by atomic mass is 32.2. The zero-order chi connectivity index (χ0) is 52.2. The molecule has 5 amide bonds. The fraction of sp³-hybridized carbons (Fsp3) is 0.365. The number of hydrogen-bond acceptors (Lipinski definition) is 16. The van der Waals surface area contributed by atoms with Gasteiger partial charge in [-0.25, -0.2) is 13.1 Å². The average molecular weight is 1050 g/mol. The fourth-order valence-corrected chi connectivity index (χ4v) is 10.1. The lowest BCUT2D eigenvalue weighted by atomic mass is 10.0. The number of fused-ring (bicyclic) bond motifs is 2. The van der Waals surface area contributed by atoms with Crippen LogP contribution in [-0.4, -0.2) is 154 Å². The Labute approximate surface area is 432 Å². The van der Waals surface area contributed by atoms with E-state index in [1.54, 1.807) is 41.3 Å². The third-order valence-electron chi connectivity index (χ3n) is 12.7. The van der Waals surface area contributed by atoms with E-state index in [0.717, 1.165) is 45.7 Å². The Morgan fingerprint density at radius 1 is 0.800 bits per heavy atom. The van der Waals surface area contributed by atoms with Gasteiger partial charge in [0.05, 0.1) is 94.8 Å². The Hall–Kier alpha value is -7.38. The van der Waals surface area contributed by atoms with E-state index in [1.807, 2.05) is 48.5 Å². The van der Waals surface area contributed by atoms with Crippen molar-refractivity contribution >= 4 is 61.8 Å². The van der Waals surface area contributed by atoms with Crippen LogP contribution in [-0.2, 0) is 67.7 Å². The van der Waals surface area contributed by atoms with E-state index in [1.165, 1.54) is 18.2 Å². The fourth-order valence-electron chi connectivity index (χ4n) is 8.86. The number of morpholine rings is 1. The zero-order valence-electron chi connectivity index (χ0n) is 40.9. The number of ether oxygens (including phenoxy) is 6. The molecule has 6 aromatic rings. The summed E-state index contributed by atoms with van der Waals surface area (Å²) in [7, 11) is -4.15. The van der Waals surface area contributed by atoms with Crippen LogP contribution in [0, 0.1) is 0 Å². The lowest BCUT2D eigenvalue weighted by Gasteiger charge is -2.29. The average Bonchev–Trinajstić information content (AvgIpc) is 4.12. The minimum absolute atomic E-state index is 0.00489. The van der Waals surface area contributed by atoms with Crippen molar-refractivity contribution in [1.29, 1.82) is 0 Å². The number of imide groups is 2. The van der Waals surface area contributed by atoms with Crippen molar-refractivity contribution in [2.45, 2.75) is 49.4 Å². The Balaban J connectivity index is 0.653. The van der Waals surface area contributed by atoms with Crippen LogP contribution in [0.15, 0.2) is 108 Å². The third kappa shape index (κ3) is 13.3. The summed E-state index contributed by atoms with van der Waals surface area (Å²) in [4.78, 5) is 70.4. The molecule has 0 saturated carbocycles. The molecule has 394 valence electrons. The monoisotopic (exact) mass is 1050 g/mol. The van der Waals surface area contributed by atoms with Crippen LogP contribution in [0.4, 0.5) is 11.4 Å². The van der Waals surface area contributed by atoms with Crippen molar-refractivity contribution in [3.8, 4) is 5.75 Å². The molecule has 5 heterocycles. The highest BCUT2D eigenvalue weighted by molar-refractivity contribution is 7.89. The van der Waals surface area contributed by atoms with Crippen molar-refractivity contribution < 1.29 is 60.8 Å². The number of para-hydroxylation sites is 1. The molecule has 23 heteroatoms. The maximum atomic E-state index is 13.9. The molecule has 2 saturated heterocycles. The molecule has 0 aliphatic carbocycles. The Morgan fingerprint density at radius 2 is 1.51 bits per heavy atom. The number of aromatic amines is 1. The van der Waals surface area contributed by atoms with E-state index in [-0.39, 0.29) is 67.5 Å². The lowest BCUT2D eigenvalue weighted by molar-refractivity contribution is -0.136. The van der Waals surface area contributed by atoms with Crippen LogP contribution in [0.2, 0.25) is 0 Å². The van der Waals surface area contributed by atoms with Gasteiger partial charge in [-0.3, -0.25) is 34.2 Å². The van der Waals surface area contributed by atoms with Crippen LogP contribution < -0.4 is 25.0 Å². The number of anilines is 2. The SMILES string of the molecule is O=C1CCC(N2C(=O)c3cccc(OCCOCCOCCOCCOCc4cn(Cc5ccc(S(=O)(=O)NC(Cc6c[nH]c7ccccc67)C(=O)Nc6ccc(N7CCOCC7)cc6)cc5)nn4)c3C2=O)C(=O)N1. The number of benzene rings is 4. The number of carbonyl (C=O) groups excluding carboxylic acids is 5. The van der Waals surface area contributed by atoms with Gasteiger partial charge in [0.15, 0.2) is 0 Å². The van der Waals surface area contributed by atoms with Crippen LogP contribution in [0.3, 0.4) is 0 Å². The van der Waals surface area contributed by atoms with Crippen LogP contribution >= 0.6 is 0 Å². The summed E-state index contributed by atoms with van der Waals surface area (Å²) in [5, 5.41) is 14.4. The smallest absolute Gasteiger partial charge is 0.266 e. The molecule has 0 spiro atoms. The maximum absolute atomic E-state index is 13.9. The number of piperidine rings is 1. The number of nitrogens with one attached hydrogen (secondary N) is 4. The second-order valence-electron chi connectivity index (χ2n) is 17.8. The number of aromatic nitrogens is 4. The number of amides is 5. The lowest BCUT2D eigenvalue weighted by Crippen LogP contribution is -2.54. The summed E-state index contributed by atoms with van der Waals surface area (Å²) in [5.74, 6) is -2.67. The van der Waals surface area contributed by atoms with Gasteiger partial charge in [-0.2, -0.15) is 4.72 Å². The molecule has 2 fully saturated rings. The molecule has 9 rings (SSSR count). The van der Waals surface area contributed by atoms with Gasteiger partial charge < -0.3 is 43.6 Å². The summed E-state index contributed by atoms with van der Waals surface area (Å²) in [6.45, 7) is 5.59. The number of sulfonamides is 1. The molecule has 75 heavy (non-hydrogen) atoms. The first-order chi connectivity index (χ1) is 36.5.